The molecule has 17 heavy (non-hydrogen) atoms. The second kappa shape index (κ2) is 4.22. The highest BCUT2D eigenvalue weighted by Gasteiger charge is 2.09. The molecule has 0 bridgehead atoms. The monoisotopic (exact) mass is 248 g/mol. The number of rotatable bonds is 1. The van der Waals surface area contributed by atoms with Gasteiger partial charge in [0.05, 0.1) is 10.7 Å². The first-order chi connectivity index (χ1) is 7.97. The molecule has 88 valence electrons. The summed E-state index contributed by atoms with van der Waals surface area (Å²) in [5.74, 6) is 0.482. The molecular weight excluding hydrogens is 236 g/mol. The SMILES string of the molecule is Cc1cc(Cl)c(-c2cc(N)nc(N)n2)cc1C. The summed E-state index contributed by atoms with van der Waals surface area (Å²) in [5.41, 5.74) is 14.9. The largest absolute Gasteiger partial charge is 0.384 e. The second-order valence-corrected chi connectivity index (χ2v) is 4.36. The molecule has 0 aliphatic heterocycles. The van der Waals surface area contributed by atoms with Crippen molar-refractivity contribution in [2.75, 3.05) is 11.5 Å². The van der Waals surface area contributed by atoms with E-state index in [1.807, 2.05) is 26.0 Å². The summed E-state index contributed by atoms with van der Waals surface area (Å²) in [7, 11) is 0. The second-order valence-electron chi connectivity index (χ2n) is 3.95. The van der Waals surface area contributed by atoms with Crippen LogP contribution in [0.1, 0.15) is 11.1 Å². The van der Waals surface area contributed by atoms with E-state index < -0.39 is 0 Å². The third kappa shape index (κ3) is 2.31. The summed E-state index contributed by atoms with van der Waals surface area (Å²) in [4.78, 5) is 7.97. The first-order valence-corrected chi connectivity index (χ1v) is 5.52. The van der Waals surface area contributed by atoms with Crippen molar-refractivity contribution in [1.82, 2.24) is 9.97 Å². The Hall–Kier alpha value is -1.81. The number of aromatic nitrogens is 2. The Kier molecular flexibility index (Phi) is 2.90. The van der Waals surface area contributed by atoms with Crippen molar-refractivity contribution >= 4 is 23.4 Å². The summed E-state index contributed by atoms with van der Waals surface area (Å²) in [5, 5.41) is 0.630. The van der Waals surface area contributed by atoms with Crippen molar-refractivity contribution in [2.24, 2.45) is 0 Å². The Balaban J connectivity index is 2.64. The highest BCUT2D eigenvalue weighted by atomic mass is 35.5. The predicted octanol–water partition coefficient (Wildman–Crippen LogP) is 2.58. The van der Waals surface area contributed by atoms with E-state index in [-0.39, 0.29) is 5.95 Å². The summed E-state index contributed by atoms with van der Waals surface area (Å²) in [6.45, 7) is 4.02. The summed E-state index contributed by atoms with van der Waals surface area (Å²) in [6, 6.07) is 5.53. The zero-order chi connectivity index (χ0) is 12.6. The molecule has 0 aliphatic rings. The number of aryl methyl sites for hydroxylation is 2. The van der Waals surface area contributed by atoms with Gasteiger partial charge in [-0.05, 0) is 37.1 Å². The zero-order valence-corrected chi connectivity index (χ0v) is 10.4. The van der Waals surface area contributed by atoms with Gasteiger partial charge in [0.2, 0.25) is 5.95 Å². The van der Waals surface area contributed by atoms with Gasteiger partial charge < -0.3 is 11.5 Å². The van der Waals surface area contributed by atoms with Crippen LogP contribution in [0.25, 0.3) is 11.3 Å². The first-order valence-electron chi connectivity index (χ1n) is 5.14. The number of benzene rings is 1. The molecule has 0 spiro atoms. The molecule has 0 saturated carbocycles. The molecule has 0 amide bonds. The van der Waals surface area contributed by atoms with E-state index in [2.05, 4.69) is 9.97 Å². The number of nitrogen functional groups attached to an aromatic ring is 2. The van der Waals surface area contributed by atoms with E-state index in [1.54, 1.807) is 6.07 Å². The van der Waals surface area contributed by atoms with Crippen LogP contribution in [0.4, 0.5) is 11.8 Å². The standard InChI is InChI=1S/C12H13ClN4/c1-6-3-8(9(13)4-7(6)2)10-5-11(14)17-12(15)16-10/h3-5H,1-2H3,(H4,14,15,16,17). The lowest BCUT2D eigenvalue weighted by Crippen LogP contribution is -2.01. The van der Waals surface area contributed by atoms with Gasteiger partial charge in [0.15, 0.2) is 0 Å². The maximum atomic E-state index is 6.20. The Morgan fingerprint density at radius 1 is 1.00 bits per heavy atom. The molecule has 0 radical (unpaired) electrons. The summed E-state index contributed by atoms with van der Waals surface area (Å²) < 4.78 is 0. The van der Waals surface area contributed by atoms with Crippen LogP contribution in [0.3, 0.4) is 0 Å². The van der Waals surface area contributed by atoms with Crippen molar-refractivity contribution in [3.05, 3.63) is 34.3 Å². The summed E-state index contributed by atoms with van der Waals surface area (Å²) in [6.07, 6.45) is 0. The summed E-state index contributed by atoms with van der Waals surface area (Å²) >= 11 is 6.20. The van der Waals surface area contributed by atoms with E-state index in [0.29, 0.717) is 16.5 Å². The minimum Gasteiger partial charge on any atom is -0.384 e. The Morgan fingerprint density at radius 3 is 2.29 bits per heavy atom. The Labute approximate surface area is 105 Å². The lowest BCUT2D eigenvalue weighted by Gasteiger charge is -2.08. The van der Waals surface area contributed by atoms with Crippen molar-refractivity contribution in [3.8, 4) is 11.3 Å². The van der Waals surface area contributed by atoms with Crippen LogP contribution < -0.4 is 11.5 Å². The zero-order valence-electron chi connectivity index (χ0n) is 9.66. The van der Waals surface area contributed by atoms with Gasteiger partial charge >= 0.3 is 0 Å². The molecule has 1 aromatic heterocycles. The van der Waals surface area contributed by atoms with E-state index in [0.717, 1.165) is 16.7 Å². The van der Waals surface area contributed by atoms with E-state index in [1.165, 1.54) is 0 Å². The van der Waals surface area contributed by atoms with Crippen molar-refractivity contribution in [2.45, 2.75) is 13.8 Å². The smallest absolute Gasteiger partial charge is 0.222 e. The minimum atomic E-state index is 0.147. The lowest BCUT2D eigenvalue weighted by molar-refractivity contribution is 1.19. The fourth-order valence-electron chi connectivity index (χ4n) is 1.60. The number of anilines is 2. The van der Waals surface area contributed by atoms with Gasteiger partial charge in [0.1, 0.15) is 5.82 Å². The first kappa shape index (κ1) is 11.7. The van der Waals surface area contributed by atoms with Gasteiger partial charge in [0, 0.05) is 11.6 Å². The molecule has 5 heteroatoms. The minimum absolute atomic E-state index is 0.147. The molecule has 0 saturated heterocycles. The van der Waals surface area contributed by atoms with Gasteiger partial charge in [-0.15, -0.1) is 0 Å². The molecule has 0 atom stereocenters. The molecular formula is C12H13ClN4. The van der Waals surface area contributed by atoms with Crippen LogP contribution in [-0.2, 0) is 0 Å². The van der Waals surface area contributed by atoms with Crippen LogP contribution in [0.2, 0.25) is 5.02 Å². The molecule has 2 aromatic rings. The molecule has 0 aliphatic carbocycles. The van der Waals surface area contributed by atoms with Crippen LogP contribution in [0.5, 0.6) is 0 Å². The highest BCUT2D eigenvalue weighted by Crippen LogP contribution is 2.30. The van der Waals surface area contributed by atoms with Gasteiger partial charge in [-0.25, -0.2) is 4.98 Å². The highest BCUT2D eigenvalue weighted by molar-refractivity contribution is 6.33. The third-order valence-corrected chi connectivity index (χ3v) is 2.94. The van der Waals surface area contributed by atoms with E-state index in [9.17, 15) is 0 Å². The van der Waals surface area contributed by atoms with Crippen LogP contribution in [0.15, 0.2) is 18.2 Å². The third-order valence-electron chi connectivity index (χ3n) is 2.62. The molecule has 1 heterocycles. The fraction of sp³-hybridized carbons (Fsp3) is 0.167. The van der Waals surface area contributed by atoms with Crippen LogP contribution >= 0.6 is 11.6 Å². The molecule has 0 fully saturated rings. The average molecular weight is 249 g/mol. The van der Waals surface area contributed by atoms with Crippen molar-refractivity contribution < 1.29 is 0 Å². The molecule has 4 nitrogen and oxygen atoms in total. The average Bonchev–Trinajstić information content (AvgIpc) is 2.22. The van der Waals surface area contributed by atoms with Gasteiger partial charge in [0.25, 0.3) is 0 Å². The normalized spacial score (nSPS) is 10.5. The van der Waals surface area contributed by atoms with E-state index >= 15 is 0 Å². The van der Waals surface area contributed by atoms with Crippen LogP contribution in [-0.4, -0.2) is 9.97 Å². The number of hydrogen-bond donors (Lipinski definition) is 2. The number of hydrogen-bond acceptors (Lipinski definition) is 4. The van der Waals surface area contributed by atoms with E-state index in [4.69, 9.17) is 23.1 Å². The quantitative estimate of drug-likeness (QED) is 0.813. The van der Waals surface area contributed by atoms with Crippen molar-refractivity contribution in [1.29, 1.82) is 0 Å². The number of halogens is 1. The van der Waals surface area contributed by atoms with Gasteiger partial charge in [-0.1, -0.05) is 11.6 Å². The molecule has 0 unspecified atom stereocenters. The Morgan fingerprint density at radius 2 is 1.65 bits per heavy atom. The molecule has 4 N–H and O–H groups in total. The Bertz CT molecular complexity index is 561. The molecule has 1 aromatic carbocycles. The number of nitrogens with zero attached hydrogens (tertiary/aromatic N) is 2. The lowest BCUT2D eigenvalue weighted by atomic mass is 10.0. The van der Waals surface area contributed by atoms with Gasteiger partial charge in [-0.2, -0.15) is 4.98 Å². The number of nitrogens with two attached hydrogens (primary N) is 2. The topological polar surface area (TPSA) is 77.8 Å². The van der Waals surface area contributed by atoms with Crippen molar-refractivity contribution in [3.63, 3.8) is 0 Å². The maximum absolute atomic E-state index is 6.20. The van der Waals surface area contributed by atoms with Gasteiger partial charge in [-0.3, -0.25) is 0 Å². The fourth-order valence-corrected chi connectivity index (χ4v) is 1.92. The van der Waals surface area contributed by atoms with Crippen LogP contribution in [0, 0.1) is 13.8 Å². The maximum Gasteiger partial charge on any atom is 0.222 e. The predicted molar refractivity (Wildman–Crippen MR) is 70.8 cm³/mol. The molecule has 2 rings (SSSR count).